The van der Waals surface area contributed by atoms with Gasteiger partial charge in [0.05, 0.1) is 11.1 Å². The summed E-state index contributed by atoms with van der Waals surface area (Å²) in [6.07, 6.45) is 8.91. The van der Waals surface area contributed by atoms with E-state index in [1.807, 2.05) is 0 Å². The summed E-state index contributed by atoms with van der Waals surface area (Å²) in [6.45, 7) is 2.19. The Bertz CT molecular complexity index is 623. The monoisotopic (exact) mass is 227 g/mol. The van der Waals surface area contributed by atoms with Crippen molar-refractivity contribution < 1.29 is 0 Å². The molecule has 0 fully saturated rings. The first-order valence-corrected chi connectivity index (χ1v) is 5.59. The van der Waals surface area contributed by atoms with Crippen molar-refractivity contribution in [2.24, 2.45) is 5.92 Å². The number of hydrogen-bond donors (Lipinski definition) is 2. The fourth-order valence-corrected chi connectivity index (χ4v) is 2.00. The van der Waals surface area contributed by atoms with E-state index in [1.165, 1.54) is 6.33 Å². The van der Waals surface area contributed by atoms with Crippen molar-refractivity contribution in [3.05, 3.63) is 30.2 Å². The van der Waals surface area contributed by atoms with Crippen molar-refractivity contribution in [2.45, 2.75) is 13.3 Å². The number of anilines is 1. The summed E-state index contributed by atoms with van der Waals surface area (Å²) in [5.41, 5.74) is 8.49. The molecule has 1 atom stereocenters. The summed E-state index contributed by atoms with van der Waals surface area (Å²) in [5, 5.41) is 7.93. The summed E-state index contributed by atoms with van der Waals surface area (Å²) in [5.74, 6) is 1.05. The molecule has 5 nitrogen and oxygen atoms in total. The highest BCUT2D eigenvalue weighted by atomic mass is 15.2. The number of rotatable bonds is 1. The van der Waals surface area contributed by atoms with E-state index < -0.39 is 0 Å². The van der Waals surface area contributed by atoms with Gasteiger partial charge < -0.3 is 5.73 Å². The van der Waals surface area contributed by atoms with Crippen LogP contribution in [0.1, 0.15) is 19.0 Å². The summed E-state index contributed by atoms with van der Waals surface area (Å²) in [7, 11) is 0. The second kappa shape index (κ2) is 3.69. The Morgan fingerprint density at radius 3 is 3.06 bits per heavy atom. The lowest BCUT2D eigenvalue weighted by molar-refractivity contribution is 0.738. The molecule has 1 aliphatic carbocycles. The largest absolute Gasteiger partial charge is 0.383 e. The topological polar surface area (TPSA) is 80.5 Å². The van der Waals surface area contributed by atoms with E-state index in [4.69, 9.17) is 5.73 Å². The van der Waals surface area contributed by atoms with Crippen molar-refractivity contribution >= 4 is 22.4 Å². The van der Waals surface area contributed by atoms with Gasteiger partial charge in [0.25, 0.3) is 0 Å². The van der Waals surface area contributed by atoms with Crippen molar-refractivity contribution in [3.63, 3.8) is 0 Å². The Balaban J connectivity index is 2.16. The molecule has 0 radical (unpaired) electrons. The Labute approximate surface area is 98.5 Å². The molecule has 3 rings (SSSR count). The number of allylic oxidation sites excluding steroid dienone is 4. The number of fused-ring (bicyclic) bond motifs is 1. The van der Waals surface area contributed by atoms with Crippen LogP contribution in [0.15, 0.2) is 24.6 Å². The van der Waals surface area contributed by atoms with Gasteiger partial charge in [0.2, 0.25) is 0 Å². The molecule has 2 heterocycles. The van der Waals surface area contributed by atoms with Gasteiger partial charge in [-0.05, 0) is 17.9 Å². The van der Waals surface area contributed by atoms with Gasteiger partial charge in [-0.15, -0.1) is 0 Å². The van der Waals surface area contributed by atoms with Gasteiger partial charge in [-0.1, -0.05) is 25.2 Å². The molecule has 0 amide bonds. The first-order valence-electron chi connectivity index (χ1n) is 5.59. The molecule has 1 unspecified atom stereocenters. The maximum Gasteiger partial charge on any atom is 0.186 e. The van der Waals surface area contributed by atoms with Crippen LogP contribution in [0.25, 0.3) is 16.6 Å². The van der Waals surface area contributed by atoms with Crippen LogP contribution in [0.2, 0.25) is 0 Å². The molecule has 1 aliphatic rings. The van der Waals surface area contributed by atoms with Gasteiger partial charge in [-0.25, -0.2) is 9.97 Å². The third-order valence-corrected chi connectivity index (χ3v) is 2.98. The minimum absolute atomic E-state index is 0.465. The number of nitrogens with two attached hydrogens (primary N) is 1. The Morgan fingerprint density at radius 1 is 1.41 bits per heavy atom. The summed E-state index contributed by atoms with van der Waals surface area (Å²) < 4.78 is 0. The summed E-state index contributed by atoms with van der Waals surface area (Å²) in [4.78, 5) is 8.09. The second-order valence-corrected chi connectivity index (χ2v) is 4.29. The Hall–Kier alpha value is -2.17. The number of hydrogen-bond acceptors (Lipinski definition) is 4. The lowest BCUT2D eigenvalue weighted by Gasteiger charge is -2.10. The maximum atomic E-state index is 5.87. The highest BCUT2D eigenvalue weighted by Crippen LogP contribution is 2.29. The number of aromatic nitrogens is 4. The zero-order chi connectivity index (χ0) is 11.8. The minimum Gasteiger partial charge on any atom is -0.383 e. The van der Waals surface area contributed by atoms with Crippen LogP contribution < -0.4 is 5.73 Å². The number of nitrogen functional groups attached to an aromatic ring is 1. The zero-order valence-corrected chi connectivity index (χ0v) is 9.51. The fraction of sp³-hybridized carbons (Fsp3) is 0.250. The molecular weight excluding hydrogens is 214 g/mol. The number of H-pyrrole nitrogens is 1. The van der Waals surface area contributed by atoms with Gasteiger partial charge in [-0.3, -0.25) is 5.10 Å². The van der Waals surface area contributed by atoms with Gasteiger partial charge in [-0.2, -0.15) is 5.10 Å². The molecule has 0 aliphatic heterocycles. The van der Waals surface area contributed by atoms with Crippen LogP contribution >= 0.6 is 0 Å². The minimum atomic E-state index is 0.465. The predicted octanol–water partition coefficient (Wildman–Crippen LogP) is 1.91. The SMILES string of the molecule is CC1C=CC(c2[nH]nc3ncnc(N)c23)=CC1. The quantitative estimate of drug-likeness (QED) is 0.779. The van der Waals surface area contributed by atoms with Crippen LogP contribution in [0.3, 0.4) is 0 Å². The lowest BCUT2D eigenvalue weighted by atomic mass is 9.96. The number of nitrogens with one attached hydrogen (secondary N) is 1. The standard InChI is InChI=1S/C12H13N5/c1-7-2-4-8(5-3-7)10-9-11(13)14-6-15-12(9)17-16-10/h2,4-7H,3H2,1H3,(H3,13,14,15,16,17). The van der Waals surface area contributed by atoms with E-state index in [2.05, 4.69) is 45.3 Å². The Kier molecular flexibility index (Phi) is 2.18. The summed E-state index contributed by atoms with van der Waals surface area (Å²) >= 11 is 0. The van der Waals surface area contributed by atoms with Gasteiger partial charge >= 0.3 is 0 Å². The predicted molar refractivity (Wildman–Crippen MR) is 67.0 cm³/mol. The van der Waals surface area contributed by atoms with E-state index in [1.54, 1.807) is 0 Å². The van der Waals surface area contributed by atoms with Crippen LogP contribution in [0, 0.1) is 5.92 Å². The van der Waals surface area contributed by atoms with Crippen LogP contribution in [-0.2, 0) is 0 Å². The van der Waals surface area contributed by atoms with Crippen molar-refractivity contribution in [2.75, 3.05) is 5.73 Å². The van der Waals surface area contributed by atoms with Crippen molar-refractivity contribution in [3.8, 4) is 0 Å². The molecule has 2 aromatic rings. The molecule has 0 saturated carbocycles. The highest BCUT2D eigenvalue weighted by Gasteiger charge is 2.14. The first-order chi connectivity index (χ1) is 8.25. The maximum absolute atomic E-state index is 5.87. The van der Waals surface area contributed by atoms with E-state index in [0.717, 1.165) is 23.1 Å². The van der Waals surface area contributed by atoms with Gasteiger partial charge in [0.1, 0.15) is 12.1 Å². The zero-order valence-electron chi connectivity index (χ0n) is 9.51. The first kappa shape index (κ1) is 10.0. The van der Waals surface area contributed by atoms with Gasteiger partial charge in [0.15, 0.2) is 5.65 Å². The number of aromatic amines is 1. The van der Waals surface area contributed by atoms with E-state index in [-0.39, 0.29) is 0 Å². The normalized spacial score (nSPS) is 19.6. The summed E-state index contributed by atoms with van der Waals surface area (Å²) in [6, 6.07) is 0. The van der Waals surface area contributed by atoms with Crippen LogP contribution in [0.5, 0.6) is 0 Å². The molecule has 5 heteroatoms. The number of nitrogens with zero attached hydrogens (tertiary/aromatic N) is 3. The highest BCUT2D eigenvalue weighted by molar-refractivity contribution is 5.97. The molecular formula is C12H13N5. The molecule has 0 spiro atoms. The third-order valence-electron chi connectivity index (χ3n) is 2.98. The Morgan fingerprint density at radius 2 is 2.29 bits per heavy atom. The molecule has 0 saturated heterocycles. The van der Waals surface area contributed by atoms with E-state index in [9.17, 15) is 0 Å². The molecule has 2 aromatic heterocycles. The molecule has 86 valence electrons. The van der Waals surface area contributed by atoms with Crippen LogP contribution in [0.4, 0.5) is 5.82 Å². The molecule has 0 aromatic carbocycles. The van der Waals surface area contributed by atoms with Crippen LogP contribution in [-0.4, -0.2) is 20.2 Å². The van der Waals surface area contributed by atoms with Crippen molar-refractivity contribution in [1.29, 1.82) is 0 Å². The molecule has 17 heavy (non-hydrogen) atoms. The average molecular weight is 227 g/mol. The van der Waals surface area contributed by atoms with Crippen molar-refractivity contribution in [1.82, 2.24) is 20.2 Å². The lowest BCUT2D eigenvalue weighted by Crippen LogP contribution is -1.97. The molecule has 3 N–H and O–H groups in total. The smallest absolute Gasteiger partial charge is 0.186 e. The molecule has 0 bridgehead atoms. The fourth-order valence-electron chi connectivity index (χ4n) is 2.00. The van der Waals surface area contributed by atoms with E-state index >= 15 is 0 Å². The van der Waals surface area contributed by atoms with E-state index in [0.29, 0.717) is 17.4 Å². The van der Waals surface area contributed by atoms with Gasteiger partial charge in [0, 0.05) is 0 Å². The second-order valence-electron chi connectivity index (χ2n) is 4.29. The third kappa shape index (κ3) is 1.60. The average Bonchev–Trinajstić information content (AvgIpc) is 2.75.